The SMILES string of the molecule is ClCC[N+](=C/C=C1\C=C(c2cccc(Br)c2)C=C(c2cccc(Br)c2)O1)CCCl. The summed E-state index contributed by atoms with van der Waals surface area (Å²) in [5, 5.41) is 0. The summed E-state index contributed by atoms with van der Waals surface area (Å²) < 4.78 is 10.3. The molecule has 6 heteroatoms. The third-order valence-electron chi connectivity index (χ3n) is 4.27. The number of allylic oxidation sites excluding steroid dienone is 4. The number of nitrogens with zero attached hydrogens (tertiary/aromatic N) is 1. The first-order valence-electron chi connectivity index (χ1n) is 9.13. The Labute approximate surface area is 198 Å². The molecule has 0 bridgehead atoms. The van der Waals surface area contributed by atoms with Crippen molar-refractivity contribution >= 4 is 72.6 Å². The Kier molecular flexibility index (Phi) is 8.61. The quantitative estimate of drug-likeness (QED) is 0.201. The van der Waals surface area contributed by atoms with Crippen molar-refractivity contribution in [3.05, 3.63) is 92.6 Å². The van der Waals surface area contributed by atoms with E-state index in [0.29, 0.717) is 11.8 Å². The van der Waals surface area contributed by atoms with Gasteiger partial charge < -0.3 is 4.74 Å². The fourth-order valence-corrected chi connectivity index (χ4v) is 4.11. The standard InChI is InChI=1S/C23H20Br2Cl2NO/c24-20-5-1-3-17(13-20)19-15-22(7-10-28(11-8-26)12-9-27)29-23(16-19)18-4-2-6-21(25)14-18/h1-7,10,13-16H,8-9,11-12H2/q+1/b22-7+. The number of hydrogen-bond donors (Lipinski definition) is 0. The van der Waals surface area contributed by atoms with Crippen LogP contribution in [0.3, 0.4) is 0 Å². The number of hydrogen-bond acceptors (Lipinski definition) is 1. The molecule has 2 aromatic carbocycles. The van der Waals surface area contributed by atoms with Crippen LogP contribution in [0.15, 0.2) is 81.5 Å². The van der Waals surface area contributed by atoms with Crippen molar-refractivity contribution < 1.29 is 9.31 Å². The summed E-state index contributed by atoms with van der Waals surface area (Å²) in [4.78, 5) is 0. The second-order valence-electron chi connectivity index (χ2n) is 6.36. The fraction of sp³-hybridized carbons (Fsp3) is 0.174. The molecule has 2 nitrogen and oxygen atoms in total. The third kappa shape index (κ3) is 6.58. The predicted octanol–water partition coefficient (Wildman–Crippen LogP) is 7.11. The van der Waals surface area contributed by atoms with Crippen molar-refractivity contribution in [2.75, 3.05) is 24.8 Å². The molecular weight excluding hydrogens is 537 g/mol. The molecule has 150 valence electrons. The number of rotatable bonds is 7. The molecule has 0 fully saturated rings. The number of halogens is 4. The van der Waals surface area contributed by atoms with Gasteiger partial charge in [-0.25, -0.2) is 4.58 Å². The van der Waals surface area contributed by atoms with Crippen LogP contribution in [0.1, 0.15) is 11.1 Å². The van der Waals surface area contributed by atoms with Crippen molar-refractivity contribution in [3.8, 4) is 0 Å². The molecule has 0 saturated heterocycles. The summed E-state index contributed by atoms with van der Waals surface area (Å²) in [5.41, 5.74) is 3.19. The minimum absolute atomic E-state index is 0.541. The zero-order chi connectivity index (χ0) is 20.6. The summed E-state index contributed by atoms with van der Waals surface area (Å²) >= 11 is 18.9. The normalized spacial score (nSPS) is 14.8. The predicted molar refractivity (Wildman–Crippen MR) is 131 cm³/mol. The van der Waals surface area contributed by atoms with E-state index in [1.54, 1.807) is 0 Å². The van der Waals surface area contributed by atoms with Gasteiger partial charge in [0, 0.05) is 20.6 Å². The molecule has 0 radical (unpaired) electrons. The highest BCUT2D eigenvalue weighted by molar-refractivity contribution is 9.10. The molecule has 1 aliphatic rings. The number of ether oxygens (including phenoxy) is 1. The average Bonchev–Trinajstić information content (AvgIpc) is 2.72. The van der Waals surface area contributed by atoms with E-state index >= 15 is 0 Å². The van der Waals surface area contributed by atoms with Crippen LogP contribution in [-0.2, 0) is 4.74 Å². The van der Waals surface area contributed by atoms with E-state index in [0.717, 1.165) is 50.3 Å². The lowest BCUT2D eigenvalue weighted by Crippen LogP contribution is -2.18. The van der Waals surface area contributed by atoms with Gasteiger partial charge in [0.05, 0.1) is 11.8 Å². The van der Waals surface area contributed by atoms with Crippen LogP contribution in [0.4, 0.5) is 0 Å². The highest BCUT2D eigenvalue weighted by Gasteiger charge is 2.15. The monoisotopic (exact) mass is 554 g/mol. The Morgan fingerprint density at radius 3 is 2.10 bits per heavy atom. The first-order valence-corrected chi connectivity index (χ1v) is 11.8. The van der Waals surface area contributed by atoms with Crippen molar-refractivity contribution in [3.63, 3.8) is 0 Å². The summed E-state index contributed by atoms with van der Waals surface area (Å²) in [6, 6.07) is 16.3. The Bertz CT molecular complexity index is 988. The van der Waals surface area contributed by atoms with Crippen LogP contribution in [0.5, 0.6) is 0 Å². The van der Waals surface area contributed by atoms with E-state index in [4.69, 9.17) is 27.9 Å². The molecule has 1 aliphatic heterocycles. The van der Waals surface area contributed by atoms with Gasteiger partial charge in [0.1, 0.15) is 11.5 Å². The highest BCUT2D eigenvalue weighted by atomic mass is 79.9. The van der Waals surface area contributed by atoms with Gasteiger partial charge >= 0.3 is 0 Å². The smallest absolute Gasteiger partial charge is 0.167 e. The first-order chi connectivity index (χ1) is 14.1. The zero-order valence-corrected chi connectivity index (χ0v) is 20.3. The minimum Gasteiger partial charge on any atom is -0.456 e. The molecule has 1 heterocycles. The van der Waals surface area contributed by atoms with Gasteiger partial charge in [-0.2, -0.15) is 0 Å². The summed E-state index contributed by atoms with van der Waals surface area (Å²) in [7, 11) is 0. The summed E-state index contributed by atoms with van der Waals surface area (Å²) in [6.07, 6.45) is 8.05. The van der Waals surface area contributed by atoms with E-state index in [2.05, 4.69) is 54.6 Å². The van der Waals surface area contributed by atoms with Gasteiger partial charge in [-0.3, -0.25) is 0 Å². The molecule has 0 N–H and O–H groups in total. The molecule has 2 aromatic rings. The van der Waals surface area contributed by atoms with E-state index in [1.807, 2.05) is 54.8 Å². The third-order valence-corrected chi connectivity index (χ3v) is 5.60. The van der Waals surface area contributed by atoms with Crippen LogP contribution >= 0.6 is 55.1 Å². The lowest BCUT2D eigenvalue weighted by Gasteiger charge is -2.18. The van der Waals surface area contributed by atoms with Crippen LogP contribution in [-0.4, -0.2) is 35.6 Å². The molecule has 0 atom stereocenters. The molecule has 0 amide bonds. The zero-order valence-electron chi connectivity index (χ0n) is 15.6. The van der Waals surface area contributed by atoms with Crippen molar-refractivity contribution in [2.24, 2.45) is 0 Å². The van der Waals surface area contributed by atoms with Crippen LogP contribution < -0.4 is 0 Å². The molecule has 3 rings (SSSR count). The minimum atomic E-state index is 0.541. The van der Waals surface area contributed by atoms with E-state index < -0.39 is 0 Å². The molecule has 0 aliphatic carbocycles. The molecule has 0 aromatic heterocycles. The van der Waals surface area contributed by atoms with Gasteiger partial charge in [-0.1, -0.05) is 56.1 Å². The number of alkyl halides is 2. The second kappa shape index (κ2) is 11.2. The molecular formula is C23H20Br2Cl2NO+. The average molecular weight is 557 g/mol. The van der Waals surface area contributed by atoms with Crippen molar-refractivity contribution in [2.45, 2.75) is 0 Å². The Hall–Kier alpha value is -1.33. The lowest BCUT2D eigenvalue weighted by atomic mass is 10.0. The summed E-state index contributed by atoms with van der Waals surface area (Å²) in [6.45, 7) is 1.46. The second-order valence-corrected chi connectivity index (χ2v) is 8.95. The largest absolute Gasteiger partial charge is 0.456 e. The number of benzene rings is 2. The van der Waals surface area contributed by atoms with Gasteiger partial charge in [0.15, 0.2) is 19.3 Å². The maximum atomic E-state index is 6.21. The van der Waals surface area contributed by atoms with Crippen LogP contribution in [0, 0.1) is 0 Å². The fourth-order valence-electron chi connectivity index (χ4n) is 2.88. The van der Waals surface area contributed by atoms with E-state index in [-0.39, 0.29) is 0 Å². The molecule has 0 saturated carbocycles. The van der Waals surface area contributed by atoms with Gasteiger partial charge in [-0.05, 0) is 47.6 Å². The highest BCUT2D eigenvalue weighted by Crippen LogP contribution is 2.33. The maximum Gasteiger partial charge on any atom is 0.167 e. The lowest BCUT2D eigenvalue weighted by molar-refractivity contribution is -0.513. The maximum absolute atomic E-state index is 6.21. The first kappa shape index (κ1) is 22.4. The van der Waals surface area contributed by atoms with Gasteiger partial charge in [-0.15, -0.1) is 23.2 Å². The molecule has 0 spiro atoms. The van der Waals surface area contributed by atoms with E-state index in [1.165, 1.54) is 0 Å². The van der Waals surface area contributed by atoms with Gasteiger partial charge in [0.25, 0.3) is 0 Å². The summed E-state index contributed by atoms with van der Waals surface area (Å²) in [5.74, 6) is 2.63. The molecule has 0 unspecified atom stereocenters. The van der Waals surface area contributed by atoms with Gasteiger partial charge in [0.2, 0.25) is 0 Å². The topological polar surface area (TPSA) is 12.2 Å². The van der Waals surface area contributed by atoms with Crippen molar-refractivity contribution in [1.29, 1.82) is 0 Å². The van der Waals surface area contributed by atoms with E-state index in [9.17, 15) is 0 Å². The van der Waals surface area contributed by atoms with Crippen LogP contribution in [0.2, 0.25) is 0 Å². The molecule has 29 heavy (non-hydrogen) atoms. The van der Waals surface area contributed by atoms with Crippen molar-refractivity contribution in [1.82, 2.24) is 0 Å². The Morgan fingerprint density at radius 1 is 0.862 bits per heavy atom. The van der Waals surface area contributed by atoms with Crippen LogP contribution in [0.25, 0.3) is 11.3 Å². The Balaban J connectivity index is 2.02. The Morgan fingerprint density at radius 2 is 1.48 bits per heavy atom.